The average Bonchev–Trinajstić information content (AvgIpc) is 2.54. The summed E-state index contributed by atoms with van der Waals surface area (Å²) >= 11 is 3.43. The van der Waals surface area contributed by atoms with Crippen LogP contribution in [-0.4, -0.2) is 25.0 Å². The number of nitrogens with zero attached hydrogens (tertiary/aromatic N) is 1. The van der Waals surface area contributed by atoms with Crippen LogP contribution in [0.25, 0.3) is 0 Å². The fraction of sp³-hybridized carbons (Fsp3) is 0.625. The minimum absolute atomic E-state index is 0.0862. The maximum absolute atomic E-state index is 5.83. The summed E-state index contributed by atoms with van der Waals surface area (Å²) in [4.78, 5) is 4.41. The standard InChI is InChI=1S/C8H14N2OS2/c1-11-3-6(9)7-4-13-8(10-7)5-12-2/h4,6H,3,5,9H2,1-2H3. The Morgan fingerprint density at radius 2 is 2.54 bits per heavy atom. The topological polar surface area (TPSA) is 48.1 Å². The summed E-state index contributed by atoms with van der Waals surface area (Å²) in [5.74, 6) is 0.963. The molecule has 1 heterocycles. The summed E-state index contributed by atoms with van der Waals surface area (Å²) in [6.45, 7) is 0.530. The highest BCUT2D eigenvalue weighted by Crippen LogP contribution is 2.18. The quantitative estimate of drug-likeness (QED) is 0.816. The number of rotatable bonds is 5. The fourth-order valence-corrected chi connectivity index (χ4v) is 2.53. The molecule has 0 fully saturated rings. The average molecular weight is 218 g/mol. The van der Waals surface area contributed by atoms with Gasteiger partial charge in [0.15, 0.2) is 0 Å². The minimum atomic E-state index is -0.0862. The number of thioether (sulfide) groups is 1. The second-order valence-corrected chi connectivity index (χ2v) is 4.47. The molecule has 13 heavy (non-hydrogen) atoms. The molecule has 1 aromatic rings. The van der Waals surface area contributed by atoms with E-state index >= 15 is 0 Å². The first-order chi connectivity index (χ1) is 6.27. The Kier molecular flexibility index (Phi) is 4.72. The SMILES string of the molecule is COCC(N)c1csc(CSC)n1. The first-order valence-electron chi connectivity index (χ1n) is 3.95. The van der Waals surface area contributed by atoms with Crippen molar-refractivity contribution in [1.82, 2.24) is 4.98 Å². The zero-order valence-electron chi connectivity index (χ0n) is 7.82. The zero-order valence-corrected chi connectivity index (χ0v) is 9.45. The van der Waals surface area contributed by atoms with Crippen LogP contribution in [0.15, 0.2) is 5.38 Å². The van der Waals surface area contributed by atoms with Crippen LogP contribution in [0.5, 0.6) is 0 Å². The molecule has 0 aliphatic carbocycles. The molecule has 0 amide bonds. The predicted octanol–water partition coefficient (Wildman–Crippen LogP) is 1.65. The highest BCUT2D eigenvalue weighted by Gasteiger charge is 2.09. The van der Waals surface area contributed by atoms with Crippen LogP contribution in [0, 0.1) is 0 Å². The van der Waals surface area contributed by atoms with Crippen molar-refractivity contribution in [2.75, 3.05) is 20.0 Å². The molecule has 2 N–H and O–H groups in total. The van der Waals surface area contributed by atoms with Crippen molar-refractivity contribution in [2.45, 2.75) is 11.8 Å². The summed E-state index contributed by atoms with van der Waals surface area (Å²) in [7, 11) is 1.65. The molecule has 0 saturated heterocycles. The Morgan fingerprint density at radius 1 is 1.77 bits per heavy atom. The van der Waals surface area contributed by atoms with Crippen LogP contribution in [0.3, 0.4) is 0 Å². The monoisotopic (exact) mass is 218 g/mol. The molecular formula is C8H14N2OS2. The molecule has 0 spiro atoms. The third kappa shape index (κ3) is 3.27. The van der Waals surface area contributed by atoms with Gasteiger partial charge < -0.3 is 10.5 Å². The molecule has 1 atom stereocenters. The van der Waals surface area contributed by atoms with Crippen LogP contribution in [0.4, 0.5) is 0 Å². The van der Waals surface area contributed by atoms with Gasteiger partial charge in [-0.15, -0.1) is 11.3 Å². The summed E-state index contributed by atoms with van der Waals surface area (Å²) in [5.41, 5.74) is 6.77. The van der Waals surface area contributed by atoms with E-state index in [2.05, 4.69) is 11.2 Å². The van der Waals surface area contributed by atoms with Crippen LogP contribution in [0.1, 0.15) is 16.7 Å². The van der Waals surface area contributed by atoms with E-state index in [-0.39, 0.29) is 6.04 Å². The van der Waals surface area contributed by atoms with E-state index in [4.69, 9.17) is 10.5 Å². The molecule has 0 aliphatic heterocycles. The van der Waals surface area contributed by atoms with Crippen molar-refractivity contribution in [3.05, 3.63) is 16.1 Å². The fourth-order valence-electron chi connectivity index (χ4n) is 0.950. The highest BCUT2D eigenvalue weighted by molar-refractivity contribution is 7.97. The van der Waals surface area contributed by atoms with Crippen molar-refractivity contribution >= 4 is 23.1 Å². The van der Waals surface area contributed by atoms with Crippen LogP contribution < -0.4 is 5.73 Å². The van der Waals surface area contributed by atoms with Gasteiger partial charge in [0.1, 0.15) is 5.01 Å². The molecule has 0 aliphatic rings. The molecule has 0 radical (unpaired) electrons. The number of hydrogen-bond acceptors (Lipinski definition) is 5. The number of aromatic nitrogens is 1. The zero-order chi connectivity index (χ0) is 9.68. The molecule has 1 aromatic heterocycles. The maximum atomic E-state index is 5.83. The Balaban J connectivity index is 2.56. The molecule has 5 heteroatoms. The van der Waals surface area contributed by atoms with Crippen LogP contribution >= 0.6 is 23.1 Å². The van der Waals surface area contributed by atoms with E-state index in [1.54, 1.807) is 30.2 Å². The van der Waals surface area contributed by atoms with E-state index in [0.717, 1.165) is 16.5 Å². The third-order valence-corrected chi connectivity index (χ3v) is 3.18. The molecule has 74 valence electrons. The van der Waals surface area contributed by atoms with E-state index in [1.807, 2.05) is 5.38 Å². The van der Waals surface area contributed by atoms with E-state index < -0.39 is 0 Å². The maximum Gasteiger partial charge on any atom is 0.103 e. The number of thiazole rings is 1. The van der Waals surface area contributed by atoms with Gasteiger partial charge in [-0.2, -0.15) is 11.8 Å². The van der Waals surface area contributed by atoms with Gasteiger partial charge >= 0.3 is 0 Å². The third-order valence-electron chi connectivity index (χ3n) is 1.56. The molecule has 0 saturated carbocycles. The Bertz CT molecular complexity index is 252. The van der Waals surface area contributed by atoms with Gasteiger partial charge in [0.05, 0.1) is 18.3 Å². The van der Waals surface area contributed by atoms with Gasteiger partial charge in [-0.3, -0.25) is 0 Å². The smallest absolute Gasteiger partial charge is 0.103 e. The van der Waals surface area contributed by atoms with Crippen molar-refractivity contribution < 1.29 is 4.74 Å². The number of hydrogen-bond donors (Lipinski definition) is 1. The Hall–Kier alpha value is -0.100. The summed E-state index contributed by atoms with van der Waals surface area (Å²) in [6.07, 6.45) is 2.07. The van der Waals surface area contributed by atoms with Gasteiger partial charge in [-0.25, -0.2) is 4.98 Å². The van der Waals surface area contributed by atoms with Crippen molar-refractivity contribution in [2.24, 2.45) is 5.73 Å². The summed E-state index contributed by atoms with van der Waals surface area (Å²) in [5, 5.41) is 3.14. The molecule has 3 nitrogen and oxygen atoms in total. The normalized spacial score (nSPS) is 13.2. The Labute approximate surface area is 86.7 Å². The Morgan fingerprint density at radius 3 is 3.15 bits per heavy atom. The second kappa shape index (κ2) is 5.59. The predicted molar refractivity (Wildman–Crippen MR) is 58.1 cm³/mol. The van der Waals surface area contributed by atoms with E-state index in [9.17, 15) is 0 Å². The van der Waals surface area contributed by atoms with Crippen molar-refractivity contribution in [1.29, 1.82) is 0 Å². The van der Waals surface area contributed by atoms with Crippen LogP contribution in [0.2, 0.25) is 0 Å². The summed E-state index contributed by atoms with van der Waals surface area (Å²) in [6, 6.07) is -0.0862. The van der Waals surface area contributed by atoms with Gasteiger partial charge in [0.25, 0.3) is 0 Å². The summed E-state index contributed by atoms with van der Waals surface area (Å²) < 4.78 is 4.96. The molecule has 0 aromatic carbocycles. The van der Waals surface area contributed by atoms with E-state index in [1.165, 1.54) is 0 Å². The lowest BCUT2D eigenvalue weighted by Crippen LogP contribution is -2.16. The van der Waals surface area contributed by atoms with Crippen molar-refractivity contribution in [3.63, 3.8) is 0 Å². The lowest BCUT2D eigenvalue weighted by Gasteiger charge is -2.05. The lowest BCUT2D eigenvalue weighted by atomic mass is 10.3. The number of methoxy groups -OCH3 is 1. The van der Waals surface area contributed by atoms with Gasteiger partial charge in [0.2, 0.25) is 0 Å². The van der Waals surface area contributed by atoms with E-state index in [0.29, 0.717) is 6.61 Å². The lowest BCUT2D eigenvalue weighted by molar-refractivity contribution is 0.180. The molecular weight excluding hydrogens is 204 g/mol. The first-order valence-corrected chi connectivity index (χ1v) is 6.23. The molecule has 0 bridgehead atoms. The van der Waals surface area contributed by atoms with Gasteiger partial charge in [0, 0.05) is 18.2 Å². The van der Waals surface area contributed by atoms with Crippen molar-refractivity contribution in [3.8, 4) is 0 Å². The first kappa shape index (κ1) is 11.0. The van der Waals surface area contributed by atoms with Gasteiger partial charge in [-0.1, -0.05) is 0 Å². The number of ether oxygens (including phenoxy) is 1. The largest absolute Gasteiger partial charge is 0.383 e. The molecule has 1 unspecified atom stereocenters. The second-order valence-electron chi connectivity index (χ2n) is 2.66. The van der Waals surface area contributed by atoms with Crippen LogP contribution in [-0.2, 0) is 10.5 Å². The molecule has 1 rings (SSSR count). The number of nitrogens with two attached hydrogens (primary N) is 1. The van der Waals surface area contributed by atoms with Gasteiger partial charge in [-0.05, 0) is 6.26 Å². The minimum Gasteiger partial charge on any atom is -0.383 e. The highest BCUT2D eigenvalue weighted by atomic mass is 32.2.